The number of pyridine rings is 1. The Morgan fingerprint density at radius 2 is 2.00 bits per heavy atom. The van der Waals surface area contributed by atoms with Crippen LogP contribution in [-0.4, -0.2) is 59.2 Å². The standard InChI is InChI=1S/C24H31F3N4O2S/c1-16-19(3-2-11-28-16)22(32)29-18-6-4-17(5-7-18)8-12-31-13-9-20-21(10-14-31)34-23(30-20)33-15-24(25,26)27/h2-3,11,17-18H,4-10,12-15H2,1H3,(H,29,32)/t17-,18-. The van der Waals surface area contributed by atoms with Gasteiger partial charge in [0.05, 0.1) is 11.3 Å². The molecule has 1 aliphatic heterocycles. The van der Waals surface area contributed by atoms with Crippen LogP contribution in [0.15, 0.2) is 18.3 Å². The minimum Gasteiger partial charge on any atom is -0.460 e. The van der Waals surface area contributed by atoms with E-state index in [0.29, 0.717) is 11.5 Å². The first kappa shape index (κ1) is 24.9. The maximum atomic E-state index is 12.5. The van der Waals surface area contributed by atoms with Crippen molar-refractivity contribution in [2.24, 2.45) is 5.92 Å². The number of amides is 1. The van der Waals surface area contributed by atoms with Gasteiger partial charge in [-0.25, -0.2) is 4.98 Å². The lowest BCUT2D eigenvalue weighted by atomic mass is 9.84. The highest BCUT2D eigenvalue weighted by Crippen LogP contribution is 2.31. The number of aryl methyl sites for hydroxylation is 1. The number of thiazole rings is 1. The molecule has 1 aliphatic carbocycles. The summed E-state index contributed by atoms with van der Waals surface area (Å²) in [4.78, 5) is 24.5. The van der Waals surface area contributed by atoms with E-state index in [9.17, 15) is 18.0 Å². The minimum absolute atomic E-state index is 0.0355. The fourth-order valence-electron chi connectivity index (χ4n) is 4.76. The summed E-state index contributed by atoms with van der Waals surface area (Å²) in [6.45, 7) is 3.34. The maximum absolute atomic E-state index is 12.5. The van der Waals surface area contributed by atoms with Gasteiger partial charge in [-0.2, -0.15) is 13.2 Å². The number of alkyl halides is 3. The molecule has 0 aromatic carbocycles. The molecule has 3 heterocycles. The zero-order valence-electron chi connectivity index (χ0n) is 19.4. The number of aromatic nitrogens is 2. The largest absolute Gasteiger partial charge is 0.460 e. The smallest absolute Gasteiger partial charge is 0.422 e. The average Bonchev–Trinajstić information content (AvgIpc) is 3.10. The second-order valence-electron chi connectivity index (χ2n) is 9.21. The van der Waals surface area contributed by atoms with Crippen LogP contribution in [0.5, 0.6) is 5.19 Å². The molecular weight excluding hydrogens is 465 g/mol. The summed E-state index contributed by atoms with van der Waals surface area (Å²) in [7, 11) is 0. The average molecular weight is 497 g/mol. The van der Waals surface area contributed by atoms with Crippen molar-refractivity contribution >= 4 is 17.2 Å². The van der Waals surface area contributed by atoms with Crippen LogP contribution < -0.4 is 10.1 Å². The van der Waals surface area contributed by atoms with Gasteiger partial charge in [0.2, 0.25) is 0 Å². The molecule has 0 radical (unpaired) electrons. The van der Waals surface area contributed by atoms with Crippen LogP contribution in [0, 0.1) is 12.8 Å². The van der Waals surface area contributed by atoms with E-state index < -0.39 is 12.8 Å². The first-order chi connectivity index (χ1) is 16.3. The summed E-state index contributed by atoms with van der Waals surface area (Å²) in [6, 6.07) is 3.82. The lowest BCUT2D eigenvalue weighted by Crippen LogP contribution is -2.38. The van der Waals surface area contributed by atoms with Crippen molar-refractivity contribution in [1.29, 1.82) is 0 Å². The molecule has 1 amide bonds. The Labute approximate surface area is 201 Å². The Kier molecular flexibility index (Phi) is 8.08. The number of hydrogen-bond acceptors (Lipinski definition) is 6. The molecule has 2 aliphatic rings. The van der Waals surface area contributed by atoms with Crippen LogP contribution >= 0.6 is 11.3 Å². The fourth-order valence-corrected chi connectivity index (χ4v) is 5.71. The van der Waals surface area contributed by atoms with E-state index in [-0.39, 0.29) is 17.1 Å². The molecule has 1 fully saturated rings. The SMILES string of the molecule is Cc1ncccc1C(=O)N[C@H]1CC[C@H](CCN2CCc3nc(OCC(F)(F)F)sc3CC2)CC1. The number of carbonyl (C=O) groups excluding carboxylic acids is 1. The normalized spacial score (nSPS) is 21.5. The summed E-state index contributed by atoms with van der Waals surface area (Å²) >= 11 is 1.24. The van der Waals surface area contributed by atoms with Gasteiger partial charge >= 0.3 is 6.18 Å². The predicted molar refractivity (Wildman–Crippen MR) is 124 cm³/mol. The van der Waals surface area contributed by atoms with Gasteiger partial charge < -0.3 is 15.0 Å². The molecule has 10 heteroatoms. The fraction of sp³-hybridized carbons (Fsp3) is 0.625. The highest BCUT2D eigenvalue weighted by atomic mass is 32.1. The van der Waals surface area contributed by atoms with Gasteiger partial charge in [0.25, 0.3) is 11.1 Å². The number of nitrogens with zero attached hydrogens (tertiary/aromatic N) is 3. The zero-order chi connectivity index (χ0) is 24.1. The number of hydrogen-bond donors (Lipinski definition) is 1. The molecule has 2 aromatic rings. The number of ether oxygens (including phenoxy) is 1. The third-order valence-corrected chi connectivity index (χ3v) is 7.79. The summed E-state index contributed by atoms with van der Waals surface area (Å²) < 4.78 is 41.9. The zero-order valence-corrected chi connectivity index (χ0v) is 20.2. The van der Waals surface area contributed by atoms with Gasteiger partial charge in [-0.05, 0) is 70.0 Å². The molecule has 4 rings (SSSR count). The highest BCUT2D eigenvalue weighted by molar-refractivity contribution is 7.13. The molecule has 0 bridgehead atoms. The molecular formula is C24H31F3N4O2S. The summed E-state index contributed by atoms with van der Waals surface area (Å²) in [5.41, 5.74) is 2.28. The second kappa shape index (κ2) is 11.0. The van der Waals surface area contributed by atoms with Gasteiger partial charge in [-0.15, -0.1) is 0 Å². The van der Waals surface area contributed by atoms with Gasteiger partial charge in [-0.1, -0.05) is 11.3 Å². The van der Waals surface area contributed by atoms with Crippen LogP contribution in [-0.2, 0) is 12.8 Å². The molecule has 0 saturated heterocycles. The summed E-state index contributed by atoms with van der Waals surface area (Å²) in [5.74, 6) is 0.623. The summed E-state index contributed by atoms with van der Waals surface area (Å²) in [6.07, 6.45) is 4.24. The third-order valence-electron chi connectivity index (χ3n) is 6.72. The van der Waals surface area contributed by atoms with Gasteiger partial charge in [0.15, 0.2) is 6.61 Å². The Morgan fingerprint density at radius 1 is 1.24 bits per heavy atom. The lowest BCUT2D eigenvalue weighted by Gasteiger charge is -2.30. The van der Waals surface area contributed by atoms with Crippen molar-refractivity contribution < 1.29 is 22.7 Å². The van der Waals surface area contributed by atoms with Crippen molar-refractivity contribution in [2.45, 2.75) is 64.1 Å². The van der Waals surface area contributed by atoms with E-state index in [0.717, 1.165) is 80.8 Å². The Bertz CT molecular complexity index is 948. The van der Waals surface area contributed by atoms with Gasteiger partial charge in [0.1, 0.15) is 0 Å². The number of nitrogens with one attached hydrogen (secondary N) is 1. The van der Waals surface area contributed by atoms with Crippen molar-refractivity contribution in [3.05, 3.63) is 40.2 Å². The molecule has 186 valence electrons. The number of rotatable bonds is 7. The monoisotopic (exact) mass is 496 g/mol. The molecule has 2 aromatic heterocycles. The quantitative estimate of drug-likeness (QED) is 0.609. The van der Waals surface area contributed by atoms with E-state index in [4.69, 9.17) is 4.74 Å². The maximum Gasteiger partial charge on any atom is 0.422 e. The summed E-state index contributed by atoms with van der Waals surface area (Å²) in [5, 5.41) is 3.29. The van der Waals surface area contributed by atoms with E-state index in [2.05, 4.69) is 20.2 Å². The van der Waals surface area contributed by atoms with E-state index in [1.54, 1.807) is 12.3 Å². The molecule has 34 heavy (non-hydrogen) atoms. The van der Waals surface area contributed by atoms with Crippen LogP contribution in [0.1, 0.15) is 58.7 Å². The first-order valence-electron chi connectivity index (χ1n) is 11.9. The Hall–Kier alpha value is -2.20. The number of carbonyl (C=O) groups is 1. The van der Waals surface area contributed by atoms with Crippen molar-refractivity contribution in [1.82, 2.24) is 20.2 Å². The van der Waals surface area contributed by atoms with Crippen LogP contribution in [0.2, 0.25) is 0 Å². The van der Waals surface area contributed by atoms with Crippen molar-refractivity contribution in [2.75, 3.05) is 26.2 Å². The predicted octanol–water partition coefficient (Wildman–Crippen LogP) is 4.57. The van der Waals surface area contributed by atoms with E-state index in [1.807, 2.05) is 13.0 Å². The van der Waals surface area contributed by atoms with Crippen molar-refractivity contribution in [3.8, 4) is 5.19 Å². The molecule has 0 atom stereocenters. The molecule has 0 unspecified atom stereocenters. The van der Waals surface area contributed by atoms with Crippen LogP contribution in [0.3, 0.4) is 0 Å². The number of halogens is 3. The van der Waals surface area contributed by atoms with E-state index >= 15 is 0 Å². The number of fused-ring (bicyclic) bond motifs is 1. The highest BCUT2D eigenvalue weighted by Gasteiger charge is 2.30. The van der Waals surface area contributed by atoms with Gasteiger partial charge in [-0.3, -0.25) is 9.78 Å². The molecule has 1 N–H and O–H groups in total. The van der Waals surface area contributed by atoms with Crippen LogP contribution in [0.4, 0.5) is 13.2 Å². The first-order valence-corrected chi connectivity index (χ1v) is 12.7. The molecule has 6 nitrogen and oxygen atoms in total. The Morgan fingerprint density at radius 3 is 2.74 bits per heavy atom. The van der Waals surface area contributed by atoms with Crippen molar-refractivity contribution in [3.63, 3.8) is 0 Å². The Balaban J connectivity index is 1.16. The lowest BCUT2D eigenvalue weighted by molar-refractivity contribution is -0.153. The second-order valence-corrected chi connectivity index (χ2v) is 10.3. The third kappa shape index (κ3) is 6.91. The topological polar surface area (TPSA) is 67.4 Å². The van der Waals surface area contributed by atoms with Gasteiger partial charge in [0, 0.05) is 42.3 Å². The molecule has 1 saturated carbocycles. The van der Waals surface area contributed by atoms with E-state index in [1.165, 1.54) is 11.3 Å². The molecule has 0 spiro atoms. The van der Waals surface area contributed by atoms with Crippen LogP contribution in [0.25, 0.3) is 0 Å². The minimum atomic E-state index is -4.34.